The molecule has 1 saturated carbocycles. The van der Waals surface area contributed by atoms with E-state index in [-0.39, 0.29) is 17.3 Å². The summed E-state index contributed by atoms with van der Waals surface area (Å²) in [5.41, 5.74) is 0.877. The lowest BCUT2D eigenvalue weighted by molar-refractivity contribution is -0.138. The standard InChI is InChI=1S/C20H28O5/c1-12-4-6-20(3)15(18(23)24)9-14(21)10-16(20)19(12,2)7-5-13-8-17(22)25-11-13/h8-9,12,14,16,21H,4-7,10-11H2,1-3H3,(H,23,24)/t12-,14-,16-,19+,20+/m1/s1. The molecule has 138 valence electrons. The summed E-state index contributed by atoms with van der Waals surface area (Å²) >= 11 is 0. The first kappa shape index (κ1) is 18.2. The molecule has 5 heteroatoms. The van der Waals surface area contributed by atoms with Gasteiger partial charge in [-0.15, -0.1) is 0 Å². The molecule has 0 aromatic rings. The van der Waals surface area contributed by atoms with Crippen molar-refractivity contribution in [1.82, 2.24) is 0 Å². The summed E-state index contributed by atoms with van der Waals surface area (Å²) in [5.74, 6) is -0.649. The van der Waals surface area contributed by atoms with Gasteiger partial charge in [-0.05, 0) is 61.0 Å². The molecule has 25 heavy (non-hydrogen) atoms. The molecule has 3 aliphatic rings. The van der Waals surface area contributed by atoms with Crippen molar-refractivity contribution in [1.29, 1.82) is 0 Å². The van der Waals surface area contributed by atoms with Gasteiger partial charge >= 0.3 is 11.9 Å². The molecule has 0 saturated heterocycles. The van der Waals surface area contributed by atoms with Gasteiger partial charge in [0.1, 0.15) is 6.61 Å². The van der Waals surface area contributed by atoms with Crippen LogP contribution in [0, 0.1) is 22.7 Å². The van der Waals surface area contributed by atoms with Gasteiger partial charge in [-0.25, -0.2) is 9.59 Å². The quantitative estimate of drug-likeness (QED) is 0.763. The topological polar surface area (TPSA) is 83.8 Å². The van der Waals surface area contributed by atoms with E-state index in [1.165, 1.54) is 0 Å². The number of rotatable bonds is 4. The van der Waals surface area contributed by atoms with Crippen LogP contribution in [0.2, 0.25) is 0 Å². The van der Waals surface area contributed by atoms with E-state index in [1.807, 2.05) is 0 Å². The van der Waals surface area contributed by atoms with Crippen LogP contribution < -0.4 is 0 Å². The number of ether oxygens (including phenoxy) is 1. The number of aliphatic hydroxyl groups is 1. The lowest BCUT2D eigenvalue weighted by Crippen LogP contribution is -2.52. The SMILES string of the molecule is C[C@@H]1CC[C@@]2(C)C(C(=O)O)=C[C@@H](O)C[C@@H]2[C@@]1(C)CCC1=CC(=O)OC1. The number of hydrogen-bond acceptors (Lipinski definition) is 4. The van der Waals surface area contributed by atoms with Crippen LogP contribution in [-0.4, -0.2) is 34.9 Å². The molecule has 5 atom stereocenters. The Morgan fingerprint density at radius 3 is 2.72 bits per heavy atom. The first-order valence-electron chi connectivity index (χ1n) is 9.16. The van der Waals surface area contributed by atoms with E-state index in [0.29, 0.717) is 24.5 Å². The third-order valence-electron chi connectivity index (χ3n) is 7.18. The van der Waals surface area contributed by atoms with Crippen molar-refractivity contribution in [2.24, 2.45) is 22.7 Å². The molecule has 0 radical (unpaired) electrons. The maximum absolute atomic E-state index is 11.8. The number of carbonyl (C=O) groups excluding carboxylic acids is 1. The smallest absolute Gasteiger partial charge is 0.331 e. The normalized spacial score (nSPS) is 40.8. The number of carboxylic acids is 1. The highest BCUT2D eigenvalue weighted by molar-refractivity contribution is 5.88. The summed E-state index contributed by atoms with van der Waals surface area (Å²) in [6.07, 6.45) is 6.47. The number of aliphatic carboxylic acids is 1. The van der Waals surface area contributed by atoms with Crippen LogP contribution in [0.4, 0.5) is 0 Å². The van der Waals surface area contributed by atoms with Crippen molar-refractivity contribution in [3.63, 3.8) is 0 Å². The number of cyclic esters (lactones) is 1. The zero-order valence-electron chi connectivity index (χ0n) is 15.2. The first-order chi connectivity index (χ1) is 11.7. The molecular weight excluding hydrogens is 320 g/mol. The monoisotopic (exact) mass is 348 g/mol. The van der Waals surface area contributed by atoms with Crippen molar-refractivity contribution in [2.45, 2.75) is 59.0 Å². The van der Waals surface area contributed by atoms with Crippen LogP contribution >= 0.6 is 0 Å². The molecule has 0 aromatic heterocycles. The Kier molecular flexibility index (Phi) is 4.56. The highest BCUT2D eigenvalue weighted by atomic mass is 16.5. The molecule has 0 bridgehead atoms. The Morgan fingerprint density at radius 1 is 1.40 bits per heavy atom. The van der Waals surface area contributed by atoms with Crippen molar-refractivity contribution >= 4 is 11.9 Å². The number of hydrogen-bond donors (Lipinski definition) is 2. The fourth-order valence-electron chi connectivity index (χ4n) is 5.36. The molecular formula is C20H28O5. The lowest BCUT2D eigenvalue weighted by Gasteiger charge is -2.58. The molecule has 2 N–H and O–H groups in total. The second kappa shape index (κ2) is 6.27. The third-order valence-corrected chi connectivity index (χ3v) is 7.18. The summed E-state index contributed by atoms with van der Waals surface area (Å²) in [6.45, 7) is 6.88. The van der Waals surface area contributed by atoms with Gasteiger partial charge in [-0.3, -0.25) is 0 Å². The Hall–Kier alpha value is -1.62. The Labute approximate surface area is 148 Å². The first-order valence-corrected chi connectivity index (χ1v) is 9.16. The Morgan fingerprint density at radius 2 is 2.12 bits per heavy atom. The number of carbonyl (C=O) groups is 2. The maximum Gasteiger partial charge on any atom is 0.331 e. The zero-order valence-corrected chi connectivity index (χ0v) is 15.2. The number of carboxylic acid groups (broad SMARTS) is 1. The maximum atomic E-state index is 11.8. The van der Waals surface area contributed by atoms with Crippen molar-refractivity contribution in [2.75, 3.05) is 6.61 Å². The second-order valence-electron chi connectivity index (χ2n) is 8.51. The molecule has 1 aliphatic heterocycles. The van der Waals surface area contributed by atoms with Gasteiger partial charge in [0.25, 0.3) is 0 Å². The highest BCUT2D eigenvalue weighted by Crippen LogP contribution is 2.62. The predicted molar refractivity (Wildman–Crippen MR) is 92.7 cm³/mol. The second-order valence-corrected chi connectivity index (χ2v) is 8.51. The van der Waals surface area contributed by atoms with E-state index in [9.17, 15) is 19.8 Å². The fourth-order valence-corrected chi connectivity index (χ4v) is 5.36. The molecule has 0 unspecified atom stereocenters. The number of aliphatic hydroxyl groups excluding tert-OH is 1. The summed E-state index contributed by atoms with van der Waals surface area (Å²) in [6, 6.07) is 0. The summed E-state index contributed by atoms with van der Waals surface area (Å²) in [5, 5.41) is 20.0. The van der Waals surface area contributed by atoms with E-state index >= 15 is 0 Å². The zero-order chi connectivity index (χ0) is 18.4. The predicted octanol–water partition coefficient (Wildman–Crippen LogP) is 3.08. The molecule has 0 aromatic carbocycles. The largest absolute Gasteiger partial charge is 0.478 e. The van der Waals surface area contributed by atoms with E-state index in [2.05, 4.69) is 20.8 Å². The lowest BCUT2D eigenvalue weighted by atomic mass is 9.46. The van der Waals surface area contributed by atoms with Crippen molar-refractivity contribution < 1.29 is 24.5 Å². The van der Waals surface area contributed by atoms with E-state index in [4.69, 9.17) is 4.74 Å². The minimum atomic E-state index is -0.916. The van der Waals surface area contributed by atoms with Crippen LogP contribution in [0.15, 0.2) is 23.3 Å². The van der Waals surface area contributed by atoms with Gasteiger partial charge in [-0.2, -0.15) is 0 Å². The van der Waals surface area contributed by atoms with E-state index in [0.717, 1.165) is 31.3 Å². The van der Waals surface area contributed by atoms with Gasteiger partial charge in [0.15, 0.2) is 0 Å². The van der Waals surface area contributed by atoms with Crippen LogP contribution in [0.3, 0.4) is 0 Å². The van der Waals surface area contributed by atoms with Crippen molar-refractivity contribution in [3.8, 4) is 0 Å². The molecule has 1 fully saturated rings. The average molecular weight is 348 g/mol. The highest BCUT2D eigenvalue weighted by Gasteiger charge is 2.56. The van der Waals surface area contributed by atoms with Crippen LogP contribution in [0.5, 0.6) is 0 Å². The fraction of sp³-hybridized carbons (Fsp3) is 0.700. The van der Waals surface area contributed by atoms with E-state index in [1.54, 1.807) is 12.2 Å². The molecule has 1 heterocycles. The van der Waals surface area contributed by atoms with Crippen molar-refractivity contribution in [3.05, 3.63) is 23.3 Å². The minimum absolute atomic E-state index is 0.0879. The van der Waals surface area contributed by atoms with Gasteiger partial charge in [0.2, 0.25) is 0 Å². The van der Waals surface area contributed by atoms with Crippen LogP contribution in [0.1, 0.15) is 52.9 Å². The molecule has 2 aliphatic carbocycles. The molecule has 5 nitrogen and oxygen atoms in total. The Bertz CT molecular complexity index is 648. The summed E-state index contributed by atoms with van der Waals surface area (Å²) in [7, 11) is 0. The average Bonchev–Trinajstić information content (AvgIpc) is 2.96. The van der Waals surface area contributed by atoms with Crippen LogP contribution in [0.25, 0.3) is 0 Å². The molecule has 0 amide bonds. The van der Waals surface area contributed by atoms with Gasteiger partial charge in [0, 0.05) is 17.1 Å². The third kappa shape index (κ3) is 3.03. The van der Waals surface area contributed by atoms with E-state index < -0.39 is 17.5 Å². The summed E-state index contributed by atoms with van der Waals surface area (Å²) in [4.78, 5) is 23.1. The number of fused-ring (bicyclic) bond motifs is 1. The number of esters is 1. The van der Waals surface area contributed by atoms with Crippen LogP contribution in [-0.2, 0) is 14.3 Å². The van der Waals surface area contributed by atoms with Gasteiger partial charge < -0.3 is 14.9 Å². The Balaban J connectivity index is 1.90. The van der Waals surface area contributed by atoms with Gasteiger partial charge in [-0.1, -0.05) is 20.8 Å². The minimum Gasteiger partial charge on any atom is -0.478 e. The molecule has 3 rings (SSSR count). The van der Waals surface area contributed by atoms with Gasteiger partial charge in [0.05, 0.1) is 6.10 Å². The molecule has 0 spiro atoms. The summed E-state index contributed by atoms with van der Waals surface area (Å²) < 4.78 is 5.00.